The van der Waals surface area contributed by atoms with E-state index < -0.39 is 6.10 Å². The number of ether oxygens (including phenoxy) is 1. The fourth-order valence-corrected chi connectivity index (χ4v) is 3.59. The second-order valence-electron chi connectivity index (χ2n) is 9.54. The third kappa shape index (κ3) is 10.3. The van der Waals surface area contributed by atoms with Crippen LogP contribution in [0.3, 0.4) is 0 Å². The molecule has 0 aromatic heterocycles. The maximum Gasteiger partial charge on any atom is 0.242 e. The average molecular weight is 439 g/mol. The molecule has 0 aromatic rings. The first-order valence-electron chi connectivity index (χ1n) is 11.8. The molecule has 4 unspecified atom stereocenters. The van der Waals surface area contributed by atoms with E-state index in [4.69, 9.17) is 4.74 Å². The van der Waals surface area contributed by atoms with Gasteiger partial charge in [-0.05, 0) is 37.5 Å². The highest BCUT2D eigenvalue weighted by atomic mass is 16.5. The van der Waals surface area contributed by atoms with Crippen LogP contribution < -0.4 is 5.32 Å². The largest absolute Gasteiger partial charge is 0.486 e. The van der Waals surface area contributed by atoms with Gasteiger partial charge in [-0.25, -0.2) is 0 Å². The van der Waals surface area contributed by atoms with Crippen molar-refractivity contribution in [3.05, 3.63) is 12.3 Å². The molecule has 0 radical (unpaired) electrons. The van der Waals surface area contributed by atoms with Crippen LogP contribution >= 0.6 is 0 Å². The van der Waals surface area contributed by atoms with Crippen LogP contribution in [0.5, 0.6) is 0 Å². The number of nitrogens with one attached hydrogen (secondary N) is 1. The van der Waals surface area contributed by atoms with E-state index in [2.05, 4.69) is 53.4 Å². The van der Waals surface area contributed by atoms with E-state index >= 15 is 0 Å². The molecule has 1 N–H and O–H groups in total. The fraction of sp³-hybridized carbons (Fsp3) is 0.800. The molecule has 6 nitrogen and oxygen atoms in total. The number of hydrogen-bond donors (Lipinski definition) is 1. The third-order valence-electron chi connectivity index (χ3n) is 5.86. The lowest BCUT2D eigenvalue weighted by Gasteiger charge is -2.32. The number of Topliss-reactive ketones (excluding diaryl/α,β-unsaturated/α-hetero) is 1. The molecule has 0 fully saturated rings. The standard InChI is InChI=1S/C25H46N2O4/c1-11-18(7)21(13-16(3)4)25(30)26-15-24(29)27(10)22(14-17(5)6)19(8)31-20(9)23(28)12-2/h16-18,20-22H,8,11-15H2,1-7,9-10H3,(H,26,30). The highest BCUT2D eigenvalue weighted by molar-refractivity contribution is 5.86. The number of likely N-dealkylation sites (N-methyl/N-ethyl adjacent to an activating group) is 1. The Morgan fingerprint density at radius 3 is 1.97 bits per heavy atom. The molecular formula is C25H46N2O4. The Bertz CT molecular complexity index is 600. The molecule has 0 aliphatic rings. The minimum Gasteiger partial charge on any atom is -0.486 e. The molecule has 31 heavy (non-hydrogen) atoms. The summed E-state index contributed by atoms with van der Waals surface area (Å²) in [6, 6.07) is -0.363. The molecule has 0 aliphatic heterocycles. The summed E-state index contributed by atoms with van der Waals surface area (Å²) in [6.45, 7) is 19.9. The highest BCUT2D eigenvalue weighted by Crippen LogP contribution is 2.23. The van der Waals surface area contributed by atoms with Crippen molar-refractivity contribution in [2.75, 3.05) is 13.6 Å². The van der Waals surface area contributed by atoms with Crippen molar-refractivity contribution in [2.45, 2.75) is 93.2 Å². The first-order chi connectivity index (χ1) is 14.3. The molecule has 0 aromatic carbocycles. The van der Waals surface area contributed by atoms with E-state index in [1.54, 1.807) is 25.8 Å². The van der Waals surface area contributed by atoms with Crippen LogP contribution in [-0.2, 0) is 19.1 Å². The molecule has 0 rings (SSSR count). The van der Waals surface area contributed by atoms with Gasteiger partial charge >= 0.3 is 0 Å². The molecule has 6 heteroatoms. The predicted molar refractivity (Wildman–Crippen MR) is 126 cm³/mol. The number of rotatable bonds is 15. The number of nitrogens with zero attached hydrogens (tertiary/aromatic N) is 1. The van der Waals surface area contributed by atoms with E-state index in [0.29, 0.717) is 30.4 Å². The highest BCUT2D eigenvalue weighted by Gasteiger charge is 2.29. The van der Waals surface area contributed by atoms with Crippen molar-refractivity contribution in [1.29, 1.82) is 0 Å². The van der Waals surface area contributed by atoms with Crippen LogP contribution in [0.25, 0.3) is 0 Å². The average Bonchev–Trinajstić information content (AvgIpc) is 2.71. The Balaban J connectivity index is 5.18. The second-order valence-corrected chi connectivity index (χ2v) is 9.54. The number of hydrogen-bond acceptors (Lipinski definition) is 4. The van der Waals surface area contributed by atoms with Gasteiger partial charge in [-0.2, -0.15) is 0 Å². The minimum absolute atomic E-state index is 0.00747. The van der Waals surface area contributed by atoms with Crippen molar-refractivity contribution in [1.82, 2.24) is 10.2 Å². The first kappa shape index (κ1) is 29.1. The molecule has 180 valence electrons. The quantitative estimate of drug-likeness (QED) is 0.380. The van der Waals surface area contributed by atoms with Crippen LogP contribution in [0.15, 0.2) is 12.3 Å². The van der Waals surface area contributed by atoms with Gasteiger partial charge in [0.2, 0.25) is 11.8 Å². The lowest BCUT2D eigenvalue weighted by molar-refractivity contribution is -0.136. The summed E-state index contributed by atoms with van der Waals surface area (Å²) in [5.41, 5.74) is 0. The zero-order chi connectivity index (χ0) is 24.3. The van der Waals surface area contributed by atoms with Crippen LogP contribution in [-0.4, -0.2) is 48.2 Å². The van der Waals surface area contributed by atoms with E-state index in [9.17, 15) is 14.4 Å². The van der Waals surface area contributed by atoms with Gasteiger partial charge in [-0.3, -0.25) is 14.4 Å². The molecule has 0 aliphatic carbocycles. The van der Waals surface area contributed by atoms with Crippen molar-refractivity contribution >= 4 is 17.6 Å². The van der Waals surface area contributed by atoms with Gasteiger partial charge in [0.15, 0.2) is 11.9 Å². The van der Waals surface area contributed by atoms with Gasteiger partial charge in [0, 0.05) is 19.4 Å². The minimum atomic E-state index is -0.595. The maximum atomic E-state index is 12.9. The second kappa shape index (κ2) is 14.3. The molecule has 0 bridgehead atoms. The summed E-state index contributed by atoms with van der Waals surface area (Å²) in [7, 11) is 1.70. The lowest BCUT2D eigenvalue weighted by Crippen LogP contribution is -2.46. The zero-order valence-electron chi connectivity index (χ0n) is 21.3. The third-order valence-corrected chi connectivity index (χ3v) is 5.86. The van der Waals surface area contributed by atoms with Crippen molar-refractivity contribution in [2.24, 2.45) is 23.7 Å². The van der Waals surface area contributed by atoms with Crippen molar-refractivity contribution in [3.63, 3.8) is 0 Å². The van der Waals surface area contributed by atoms with Crippen molar-refractivity contribution in [3.8, 4) is 0 Å². The Kier molecular flexibility index (Phi) is 13.4. The maximum absolute atomic E-state index is 12.9. The fourth-order valence-electron chi connectivity index (χ4n) is 3.59. The van der Waals surface area contributed by atoms with Crippen LogP contribution in [0.1, 0.15) is 81.1 Å². The molecule has 4 atom stereocenters. The topological polar surface area (TPSA) is 75.7 Å². The number of ketones is 1. The smallest absolute Gasteiger partial charge is 0.242 e. The van der Waals surface area contributed by atoms with Gasteiger partial charge in [-0.15, -0.1) is 0 Å². The normalized spacial score (nSPS) is 15.2. The molecule has 0 saturated heterocycles. The van der Waals surface area contributed by atoms with Crippen LogP contribution in [0.2, 0.25) is 0 Å². The molecule has 0 spiro atoms. The van der Waals surface area contributed by atoms with Gasteiger partial charge in [0.05, 0.1) is 12.6 Å². The first-order valence-corrected chi connectivity index (χ1v) is 11.8. The Morgan fingerprint density at radius 2 is 1.52 bits per heavy atom. The summed E-state index contributed by atoms with van der Waals surface area (Å²) in [6.07, 6.45) is 2.17. The summed E-state index contributed by atoms with van der Waals surface area (Å²) < 4.78 is 5.77. The summed E-state index contributed by atoms with van der Waals surface area (Å²) >= 11 is 0. The van der Waals surface area contributed by atoms with E-state index in [1.807, 2.05) is 0 Å². The summed E-state index contributed by atoms with van der Waals surface area (Å²) in [4.78, 5) is 39.1. The molecule has 2 amide bonds. The van der Waals surface area contributed by atoms with Gasteiger partial charge in [0.25, 0.3) is 0 Å². The number of carbonyl (C=O) groups is 3. The van der Waals surface area contributed by atoms with Gasteiger partial charge < -0.3 is 15.0 Å². The number of carbonyl (C=O) groups excluding carboxylic acids is 3. The number of amides is 2. The monoisotopic (exact) mass is 438 g/mol. The van der Waals surface area contributed by atoms with Gasteiger partial charge in [-0.1, -0.05) is 61.5 Å². The summed E-state index contributed by atoms with van der Waals surface area (Å²) in [5.74, 6) is 0.992. The van der Waals surface area contributed by atoms with E-state index in [0.717, 1.165) is 12.8 Å². The lowest BCUT2D eigenvalue weighted by atomic mass is 9.84. The molecule has 0 heterocycles. The van der Waals surface area contributed by atoms with Gasteiger partial charge in [0.1, 0.15) is 5.76 Å². The van der Waals surface area contributed by atoms with Crippen molar-refractivity contribution < 1.29 is 19.1 Å². The molecular weight excluding hydrogens is 392 g/mol. The SMILES string of the molecule is C=C(OC(C)C(=O)CC)C(CC(C)C)N(C)C(=O)CNC(=O)C(CC(C)C)C(C)CC. The summed E-state index contributed by atoms with van der Waals surface area (Å²) in [5, 5.41) is 2.84. The Morgan fingerprint density at radius 1 is 0.968 bits per heavy atom. The zero-order valence-corrected chi connectivity index (χ0v) is 21.3. The van der Waals surface area contributed by atoms with Crippen LogP contribution in [0, 0.1) is 23.7 Å². The molecule has 0 saturated carbocycles. The van der Waals surface area contributed by atoms with Crippen LogP contribution in [0.4, 0.5) is 0 Å². The predicted octanol–water partition coefficient (Wildman–Crippen LogP) is 4.58. The Hall–Kier alpha value is -1.85. The Labute approximate surface area is 190 Å². The van der Waals surface area contributed by atoms with E-state index in [1.165, 1.54) is 0 Å². The van der Waals surface area contributed by atoms with E-state index in [-0.39, 0.29) is 42.0 Å².